The van der Waals surface area contributed by atoms with Crippen LogP contribution in [0.15, 0.2) is 42.6 Å². The van der Waals surface area contributed by atoms with Gasteiger partial charge in [-0.3, -0.25) is 4.98 Å². The highest BCUT2D eigenvalue weighted by molar-refractivity contribution is 5.68. The van der Waals surface area contributed by atoms with Gasteiger partial charge in [0, 0.05) is 30.9 Å². The number of pyridine rings is 1. The lowest BCUT2D eigenvalue weighted by Gasteiger charge is -2.33. The van der Waals surface area contributed by atoms with Crippen molar-refractivity contribution in [1.82, 2.24) is 9.88 Å². The van der Waals surface area contributed by atoms with Crippen molar-refractivity contribution in [2.45, 2.75) is 45.1 Å². The maximum absolute atomic E-state index is 13.1. The molecule has 4 nitrogen and oxygen atoms in total. The Balaban J connectivity index is 1.65. The Hall–Kier alpha value is -2.43. The predicted octanol–water partition coefficient (Wildman–Crippen LogP) is 5.00. The Morgan fingerprint density at radius 2 is 1.77 bits per heavy atom. The zero-order valence-corrected chi connectivity index (χ0v) is 15.5. The third-order valence-electron chi connectivity index (χ3n) is 4.52. The number of halogens is 1. The highest BCUT2D eigenvalue weighted by Gasteiger charge is 2.28. The van der Waals surface area contributed by atoms with E-state index >= 15 is 0 Å². The summed E-state index contributed by atoms with van der Waals surface area (Å²) in [7, 11) is 0. The standard InChI is InChI=1S/C21H25FN2O2/c1-21(2,3)26-20(25)24-12-9-16(10-13-24)19-14-17(8-11-23-19)15-4-6-18(22)7-5-15/h4-8,11,14,16H,9-10,12-13H2,1-3H3. The number of piperidine rings is 1. The third-order valence-corrected chi connectivity index (χ3v) is 4.52. The molecule has 5 heteroatoms. The number of ether oxygens (including phenoxy) is 1. The molecule has 1 fully saturated rings. The summed E-state index contributed by atoms with van der Waals surface area (Å²) in [5, 5.41) is 0. The summed E-state index contributed by atoms with van der Waals surface area (Å²) < 4.78 is 18.6. The first-order valence-electron chi connectivity index (χ1n) is 9.02. The molecular weight excluding hydrogens is 331 g/mol. The first-order chi connectivity index (χ1) is 12.3. The minimum Gasteiger partial charge on any atom is -0.444 e. The number of aromatic nitrogens is 1. The summed E-state index contributed by atoms with van der Waals surface area (Å²) in [6.07, 6.45) is 3.27. The molecule has 0 aliphatic carbocycles. The smallest absolute Gasteiger partial charge is 0.410 e. The van der Waals surface area contributed by atoms with Crippen LogP contribution in [0.2, 0.25) is 0 Å². The van der Waals surface area contributed by atoms with Gasteiger partial charge in [-0.15, -0.1) is 0 Å². The van der Waals surface area contributed by atoms with Gasteiger partial charge in [0.15, 0.2) is 0 Å². The van der Waals surface area contributed by atoms with E-state index in [9.17, 15) is 9.18 Å². The number of likely N-dealkylation sites (tertiary alicyclic amines) is 1. The molecule has 1 aromatic carbocycles. The zero-order chi connectivity index (χ0) is 18.7. The van der Waals surface area contributed by atoms with Crippen molar-refractivity contribution in [3.8, 4) is 11.1 Å². The van der Waals surface area contributed by atoms with E-state index in [1.165, 1.54) is 12.1 Å². The molecule has 0 N–H and O–H groups in total. The topological polar surface area (TPSA) is 42.4 Å². The Morgan fingerprint density at radius 3 is 2.38 bits per heavy atom. The third kappa shape index (κ3) is 4.59. The van der Waals surface area contributed by atoms with E-state index in [4.69, 9.17) is 4.74 Å². The van der Waals surface area contributed by atoms with Crippen LogP contribution in [-0.2, 0) is 4.74 Å². The van der Waals surface area contributed by atoms with Gasteiger partial charge >= 0.3 is 6.09 Å². The Labute approximate surface area is 154 Å². The normalized spacial score (nSPS) is 15.8. The summed E-state index contributed by atoms with van der Waals surface area (Å²) in [6.45, 7) is 6.97. The van der Waals surface area contributed by atoms with Crippen LogP contribution in [0.1, 0.15) is 45.2 Å². The summed E-state index contributed by atoms with van der Waals surface area (Å²) in [5.74, 6) is 0.0756. The molecular formula is C21H25FN2O2. The Kier molecular flexibility index (Phi) is 5.25. The number of amides is 1. The Bertz CT molecular complexity index is 760. The van der Waals surface area contributed by atoms with Gasteiger partial charge in [0.05, 0.1) is 0 Å². The molecule has 1 aromatic heterocycles. The monoisotopic (exact) mass is 356 g/mol. The van der Waals surface area contributed by atoms with Crippen LogP contribution in [0, 0.1) is 5.82 Å². The lowest BCUT2D eigenvalue weighted by molar-refractivity contribution is 0.0204. The lowest BCUT2D eigenvalue weighted by Crippen LogP contribution is -2.41. The Morgan fingerprint density at radius 1 is 1.12 bits per heavy atom. The van der Waals surface area contributed by atoms with E-state index in [1.54, 1.807) is 23.2 Å². The SMILES string of the molecule is CC(C)(C)OC(=O)N1CCC(c2cc(-c3ccc(F)cc3)ccn2)CC1. The van der Waals surface area contributed by atoms with E-state index in [2.05, 4.69) is 11.1 Å². The second-order valence-electron chi connectivity index (χ2n) is 7.72. The van der Waals surface area contributed by atoms with Gasteiger partial charge in [0.25, 0.3) is 0 Å². The summed E-state index contributed by atoms with van der Waals surface area (Å²) in [5.41, 5.74) is 2.56. The quantitative estimate of drug-likeness (QED) is 0.760. The van der Waals surface area contributed by atoms with Crippen LogP contribution >= 0.6 is 0 Å². The lowest BCUT2D eigenvalue weighted by atomic mass is 9.91. The number of carbonyl (C=O) groups excluding carboxylic acids is 1. The van der Waals surface area contributed by atoms with E-state index in [1.807, 2.05) is 26.8 Å². The fourth-order valence-electron chi connectivity index (χ4n) is 3.18. The van der Waals surface area contributed by atoms with Crippen molar-refractivity contribution >= 4 is 6.09 Å². The average molecular weight is 356 g/mol. The van der Waals surface area contributed by atoms with E-state index in [-0.39, 0.29) is 11.9 Å². The number of hydrogen-bond donors (Lipinski definition) is 0. The molecule has 1 aliphatic heterocycles. The first kappa shape index (κ1) is 18.4. The predicted molar refractivity (Wildman–Crippen MR) is 99.4 cm³/mol. The van der Waals surface area contributed by atoms with Crippen molar-refractivity contribution in [3.63, 3.8) is 0 Å². The highest BCUT2D eigenvalue weighted by atomic mass is 19.1. The van der Waals surface area contributed by atoms with Crippen LogP contribution in [0.5, 0.6) is 0 Å². The van der Waals surface area contributed by atoms with Gasteiger partial charge in [0.2, 0.25) is 0 Å². The van der Waals surface area contributed by atoms with Gasteiger partial charge < -0.3 is 9.64 Å². The fourth-order valence-corrected chi connectivity index (χ4v) is 3.18. The van der Waals surface area contributed by atoms with Crippen molar-refractivity contribution in [3.05, 3.63) is 54.1 Å². The molecule has 0 spiro atoms. The summed E-state index contributed by atoms with van der Waals surface area (Å²) in [4.78, 5) is 18.5. The van der Waals surface area contributed by atoms with Crippen molar-refractivity contribution in [2.75, 3.05) is 13.1 Å². The van der Waals surface area contributed by atoms with E-state index < -0.39 is 5.60 Å². The highest BCUT2D eigenvalue weighted by Crippen LogP contribution is 2.30. The number of hydrogen-bond acceptors (Lipinski definition) is 3. The number of benzene rings is 1. The maximum Gasteiger partial charge on any atom is 0.410 e. The second kappa shape index (κ2) is 7.44. The van der Waals surface area contributed by atoms with Crippen molar-refractivity contribution < 1.29 is 13.9 Å². The fraction of sp³-hybridized carbons (Fsp3) is 0.429. The molecule has 1 aliphatic rings. The minimum absolute atomic E-state index is 0.238. The van der Waals surface area contributed by atoms with Crippen LogP contribution in [0.3, 0.4) is 0 Å². The molecule has 26 heavy (non-hydrogen) atoms. The number of rotatable bonds is 2. The van der Waals surface area contributed by atoms with Gasteiger partial charge in [0.1, 0.15) is 11.4 Å². The molecule has 0 atom stereocenters. The molecule has 2 aromatic rings. The number of nitrogens with zero attached hydrogens (tertiary/aromatic N) is 2. The van der Waals surface area contributed by atoms with Crippen molar-refractivity contribution in [1.29, 1.82) is 0 Å². The number of carbonyl (C=O) groups is 1. The molecule has 138 valence electrons. The van der Waals surface area contributed by atoms with E-state index in [0.29, 0.717) is 19.0 Å². The maximum atomic E-state index is 13.1. The zero-order valence-electron chi connectivity index (χ0n) is 15.5. The van der Waals surface area contributed by atoms with Gasteiger partial charge in [-0.2, -0.15) is 0 Å². The second-order valence-corrected chi connectivity index (χ2v) is 7.72. The molecule has 2 heterocycles. The van der Waals surface area contributed by atoms with Crippen LogP contribution in [0.25, 0.3) is 11.1 Å². The van der Waals surface area contributed by atoms with Gasteiger partial charge in [-0.05, 0) is 69.0 Å². The molecule has 0 unspecified atom stereocenters. The molecule has 1 saturated heterocycles. The van der Waals surface area contributed by atoms with Crippen LogP contribution < -0.4 is 0 Å². The summed E-state index contributed by atoms with van der Waals surface area (Å²) >= 11 is 0. The molecule has 0 radical (unpaired) electrons. The average Bonchev–Trinajstić information content (AvgIpc) is 2.61. The molecule has 0 bridgehead atoms. The summed E-state index contributed by atoms with van der Waals surface area (Å²) in [6, 6.07) is 10.5. The van der Waals surface area contributed by atoms with E-state index in [0.717, 1.165) is 29.7 Å². The van der Waals surface area contributed by atoms with Crippen LogP contribution in [0.4, 0.5) is 9.18 Å². The van der Waals surface area contributed by atoms with Crippen molar-refractivity contribution in [2.24, 2.45) is 0 Å². The van der Waals surface area contributed by atoms with Crippen LogP contribution in [-0.4, -0.2) is 34.7 Å². The molecule has 3 rings (SSSR count). The molecule has 0 saturated carbocycles. The first-order valence-corrected chi connectivity index (χ1v) is 9.02. The van der Waals surface area contributed by atoms with Gasteiger partial charge in [-0.1, -0.05) is 12.1 Å². The van der Waals surface area contributed by atoms with Gasteiger partial charge in [-0.25, -0.2) is 9.18 Å². The largest absolute Gasteiger partial charge is 0.444 e. The molecule has 1 amide bonds. The minimum atomic E-state index is -0.473.